The third-order valence-electron chi connectivity index (χ3n) is 6.19. The van der Waals surface area contributed by atoms with Crippen LogP contribution in [0, 0.1) is 11.8 Å². The van der Waals surface area contributed by atoms with Gasteiger partial charge in [-0.05, 0) is 44.7 Å². The minimum atomic E-state index is 0.0536. The molecule has 0 radical (unpaired) electrons. The lowest BCUT2D eigenvalue weighted by Crippen LogP contribution is -2.44. The number of nitrogens with one attached hydrogen (secondary N) is 2. The van der Waals surface area contributed by atoms with Crippen LogP contribution in [0.5, 0.6) is 0 Å². The van der Waals surface area contributed by atoms with Crippen LogP contribution in [-0.4, -0.2) is 68.2 Å². The highest BCUT2D eigenvalue weighted by Crippen LogP contribution is 2.44. The molecule has 2 unspecified atom stereocenters. The van der Waals surface area contributed by atoms with Crippen molar-refractivity contribution in [2.24, 2.45) is 11.8 Å². The third kappa shape index (κ3) is 5.62. The quantitative estimate of drug-likeness (QED) is 0.701. The minimum Gasteiger partial charge on any atom is -0.338 e. The molecule has 24 heavy (non-hydrogen) atoms. The van der Waals surface area contributed by atoms with Crippen LogP contribution in [0.4, 0.5) is 4.79 Å². The van der Waals surface area contributed by atoms with E-state index in [9.17, 15) is 4.79 Å². The SMILES string of the molecule is CN1CCN(CCCCNC(=O)NC2CC2C2CCCCC2)CC1. The lowest BCUT2D eigenvalue weighted by atomic mass is 9.85. The monoisotopic (exact) mass is 336 g/mol. The van der Waals surface area contributed by atoms with Gasteiger partial charge in [-0.3, -0.25) is 0 Å². The van der Waals surface area contributed by atoms with Gasteiger partial charge in [0.05, 0.1) is 0 Å². The van der Waals surface area contributed by atoms with Crippen LogP contribution in [0.3, 0.4) is 0 Å². The van der Waals surface area contributed by atoms with E-state index in [1.165, 1.54) is 77.7 Å². The second-order valence-electron chi connectivity index (χ2n) is 8.16. The van der Waals surface area contributed by atoms with Gasteiger partial charge in [0.25, 0.3) is 0 Å². The first-order valence-electron chi connectivity index (χ1n) is 10.2. The Labute approximate surface area is 147 Å². The molecule has 2 aliphatic carbocycles. The Morgan fingerprint density at radius 3 is 2.54 bits per heavy atom. The van der Waals surface area contributed by atoms with Crippen molar-refractivity contribution in [2.75, 3.05) is 46.3 Å². The molecule has 5 heteroatoms. The Bertz CT molecular complexity index is 389. The number of urea groups is 1. The molecular formula is C19H36N4O. The summed E-state index contributed by atoms with van der Waals surface area (Å²) in [6.07, 6.45) is 10.4. The number of rotatable bonds is 7. The van der Waals surface area contributed by atoms with Gasteiger partial charge < -0.3 is 20.4 Å². The lowest BCUT2D eigenvalue weighted by Gasteiger charge is -2.32. The van der Waals surface area contributed by atoms with Crippen LogP contribution in [0.1, 0.15) is 51.4 Å². The number of hydrogen-bond acceptors (Lipinski definition) is 3. The fourth-order valence-electron chi connectivity index (χ4n) is 4.42. The van der Waals surface area contributed by atoms with Crippen molar-refractivity contribution in [3.05, 3.63) is 0 Å². The van der Waals surface area contributed by atoms with Crippen molar-refractivity contribution in [2.45, 2.75) is 57.4 Å². The summed E-state index contributed by atoms with van der Waals surface area (Å²) in [7, 11) is 2.19. The predicted molar refractivity (Wildman–Crippen MR) is 98.2 cm³/mol. The number of hydrogen-bond donors (Lipinski definition) is 2. The van der Waals surface area contributed by atoms with Gasteiger partial charge in [-0.2, -0.15) is 0 Å². The summed E-state index contributed by atoms with van der Waals surface area (Å²) < 4.78 is 0. The third-order valence-corrected chi connectivity index (χ3v) is 6.19. The van der Waals surface area contributed by atoms with E-state index in [-0.39, 0.29) is 6.03 Å². The van der Waals surface area contributed by atoms with E-state index in [0.29, 0.717) is 6.04 Å². The molecule has 0 aromatic heterocycles. The molecule has 2 amide bonds. The van der Waals surface area contributed by atoms with Crippen molar-refractivity contribution < 1.29 is 4.79 Å². The van der Waals surface area contributed by atoms with Crippen molar-refractivity contribution in [3.8, 4) is 0 Å². The van der Waals surface area contributed by atoms with Gasteiger partial charge in [0, 0.05) is 38.8 Å². The summed E-state index contributed by atoms with van der Waals surface area (Å²) in [6.45, 7) is 6.72. The average Bonchev–Trinajstić information content (AvgIpc) is 3.36. The second-order valence-corrected chi connectivity index (χ2v) is 8.16. The molecule has 2 saturated carbocycles. The van der Waals surface area contributed by atoms with E-state index in [1.807, 2.05) is 0 Å². The van der Waals surface area contributed by atoms with Crippen LogP contribution in [-0.2, 0) is 0 Å². The number of nitrogens with zero attached hydrogens (tertiary/aromatic N) is 2. The maximum atomic E-state index is 12.0. The van der Waals surface area contributed by atoms with E-state index in [0.717, 1.165) is 24.8 Å². The molecule has 1 saturated heterocycles. The highest BCUT2D eigenvalue weighted by Gasteiger charge is 2.43. The number of likely N-dealkylation sites (N-methyl/N-ethyl adjacent to an activating group) is 1. The normalized spacial score (nSPS) is 29.4. The first-order valence-corrected chi connectivity index (χ1v) is 10.2. The molecule has 5 nitrogen and oxygen atoms in total. The molecule has 1 heterocycles. The van der Waals surface area contributed by atoms with Gasteiger partial charge in [0.1, 0.15) is 0 Å². The zero-order chi connectivity index (χ0) is 16.8. The highest BCUT2D eigenvalue weighted by molar-refractivity contribution is 5.74. The molecule has 2 atom stereocenters. The van der Waals surface area contributed by atoms with Crippen LogP contribution in [0.2, 0.25) is 0 Å². The Morgan fingerprint density at radius 2 is 1.79 bits per heavy atom. The lowest BCUT2D eigenvalue weighted by molar-refractivity contribution is 0.152. The van der Waals surface area contributed by atoms with Gasteiger partial charge in [0.2, 0.25) is 0 Å². The Balaban J connectivity index is 1.18. The molecule has 0 aromatic rings. The smallest absolute Gasteiger partial charge is 0.315 e. The molecule has 2 N–H and O–H groups in total. The van der Waals surface area contributed by atoms with E-state index < -0.39 is 0 Å². The fraction of sp³-hybridized carbons (Fsp3) is 0.947. The Hall–Kier alpha value is -0.810. The first-order chi connectivity index (χ1) is 11.7. The molecule has 0 aromatic carbocycles. The minimum absolute atomic E-state index is 0.0536. The summed E-state index contributed by atoms with van der Waals surface area (Å²) in [6, 6.07) is 0.511. The summed E-state index contributed by atoms with van der Waals surface area (Å²) in [5, 5.41) is 6.23. The average molecular weight is 337 g/mol. The molecule has 3 rings (SSSR count). The molecular weight excluding hydrogens is 300 g/mol. The number of carbonyl (C=O) groups excluding carboxylic acids is 1. The maximum absolute atomic E-state index is 12.0. The number of unbranched alkanes of at least 4 members (excludes halogenated alkanes) is 1. The van der Waals surface area contributed by atoms with Crippen molar-refractivity contribution >= 4 is 6.03 Å². The molecule has 1 aliphatic heterocycles. The van der Waals surface area contributed by atoms with Crippen LogP contribution >= 0.6 is 0 Å². The molecule has 3 aliphatic rings. The molecule has 3 fully saturated rings. The van der Waals surface area contributed by atoms with E-state index in [1.54, 1.807) is 0 Å². The zero-order valence-electron chi connectivity index (χ0n) is 15.4. The predicted octanol–water partition coefficient (Wildman–Crippen LogP) is 2.28. The van der Waals surface area contributed by atoms with E-state index >= 15 is 0 Å². The number of piperazine rings is 1. The van der Waals surface area contributed by atoms with Gasteiger partial charge in [0.15, 0.2) is 0 Å². The standard InChI is InChI=1S/C19H36N4O/c1-22-11-13-23(14-12-22)10-6-5-9-20-19(24)21-18-15-17(18)16-7-3-2-4-8-16/h16-18H,2-15H2,1H3,(H2,20,21,24). The number of amides is 2. The van der Waals surface area contributed by atoms with Gasteiger partial charge >= 0.3 is 6.03 Å². The maximum Gasteiger partial charge on any atom is 0.315 e. The van der Waals surface area contributed by atoms with Gasteiger partial charge in [-0.25, -0.2) is 4.79 Å². The Morgan fingerprint density at radius 1 is 1.04 bits per heavy atom. The van der Waals surface area contributed by atoms with E-state index in [2.05, 4.69) is 27.5 Å². The highest BCUT2D eigenvalue weighted by atomic mass is 16.2. The topological polar surface area (TPSA) is 47.6 Å². The van der Waals surface area contributed by atoms with Crippen molar-refractivity contribution in [3.63, 3.8) is 0 Å². The molecule has 0 spiro atoms. The summed E-state index contributed by atoms with van der Waals surface area (Å²) >= 11 is 0. The van der Waals surface area contributed by atoms with Crippen LogP contribution in [0.15, 0.2) is 0 Å². The van der Waals surface area contributed by atoms with Crippen LogP contribution < -0.4 is 10.6 Å². The van der Waals surface area contributed by atoms with Gasteiger partial charge in [-0.1, -0.05) is 32.1 Å². The molecule has 0 bridgehead atoms. The molecule has 138 valence electrons. The van der Waals surface area contributed by atoms with Gasteiger partial charge in [-0.15, -0.1) is 0 Å². The number of carbonyl (C=O) groups is 1. The summed E-state index contributed by atoms with van der Waals surface area (Å²) in [5.74, 6) is 1.65. The van der Waals surface area contributed by atoms with Crippen molar-refractivity contribution in [1.29, 1.82) is 0 Å². The fourth-order valence-corrected chi connectivity index (χ4v) is 4.42. The largest absolute Gasteiger partial charge is 0.338 e. The summed E-state index contributed by atoms with van der Waals surface area (Å²) in [5.41, 5.74) is 0. The van der Waals surface area contributed by atoms with E-state index in [4.69, 9.17) is 0 Å². The van der Waals surface area contributed by atoms with Crippen LogP contribution in [0.25, 0.3) is 0 Å². The second kappa shape index (κ2) is 9.04. The Kier molecular flexibility index (Phi) is 6.78. The van der Waals surface area contributed by atoms with Crippen molar-refractivity contribution in [1.82, 2.24) is 20.4 Å². The summed E-state index contributed by atoms with van der Waals surface area (Å²) in [4.78, 5) is 16.9. The first kappa shape index (κ1) is 18.0. The zero-order valence-corrected chi connectivity index (χ0v) is 15.4.